The van der Waals surface area contributed by atoms with E-state index in [0.717, 1.165) is 0 Å². The van der Waals surface area contributed by atoms with Crippen molar-refractivity contribution in [2.45, 2.75) is 6.92 Å². The molecule has 1 aromatic heterocycles. The van der Waals surface area contributed by atoms with Crippen LogP contribution in [-0.4, -0.2) is 23.8 Å². The third-order valence-corrected chi connectivity index (χ3v) is 2.75. The summed E-state index contributed by atoms with van der Waals surface area (Å²) in [6, 6.07) is 10.5. The lowest BCUT2D eigenvalue weighted by atomic mass is 10.0. The molecule has 4 nitrogen and oxygen atoms in total. The van der Waals surface area contributed by atoms with E-state index in [-0.39, 0.29) is 5.78 Å². The topological polar surface area (TPSA) is 56.3 Å². The molecule has 2 rings (SSSR count). The Kier molecular flexibility index (Phi) is 3.71. The van der Waals surface area contributed by atoms with E-state index >= 15 is 0 Å². The summed E-state index contributed by atoms with van der Waals surface area (Å²) in [5.41, 5.74) is 1.91. The number of carbonyl (C=O) groups is 2. The number of hydrogen-bond donors (Lipinski definition) is 0. The predicted octanol–water partition coefficient (Wildman–Crippen LogP) is 2.41. The first-order chi connectivity index (χ1) is 9.13. The SMILES string of the molecule is COC(=O)c1cnc(C(=O)c2ccccc2)c(C)c1. The number of carbonyl (C=O) groups excluding carboxylic acids is 2. The van der Waals surface area contributed by atoms with E-state index in [1.165, 1.54) is 13.3 Å². The Morgan fingerprint density at radius 2 is 1.79 bits per heavy atom. The normalized spacial score (nSPS) is 10.0. The van der Waals surface area contributed by atoms with Crippen molar-refractivity contribution in [3.8, 4) is 0 Å². The van der Waals surface area contributed by atoms with E-state index in [4.69, 9.17) is 0 Å². The quantitative estimate of drug-likeness (QED) is 0.624. The zero-order chi connectivity index (χ0) is 13.8. The maximum Gasteiger partial charge on any atom is 0.339 e. The second-order valence-electron chi connectivity index (χ2n) is 4.08. The molecular weight excluding hydrogens is 242 g/mol. The van der Waals surface area contributed by atoms with Crippen LogP contribution in [0.4, 0.5) is 0 Å². The summed E-state index contributed by atoms with van der Waals surface area (Å²) in [5.74, 6) is -0.621. The van der Waals surface area contributed by atoms with Gasteiger partial charge in [-0.25, -0.2) is 4.79 Å². The van der Waals surface area contributed by atoms with E-state index in [1.54, 1.807) is 37.3 Å². The molecule has 0 bridgehead atoms. The molecule has 19 heavy (non-hydrogen) atoms. The summed E-state index contributed by atoms with van der Waals surface area (Å²) in [7, 11) is 1.31. The summed E-state index contributed by atoms with van der Waals surface area (Å²) in [6.45, 7) is 1.75. The molecule has 4 heteroatoms. The number of esters is 1. The molecule has 0 radical (unpaired) electrons. The first-order valence-corrected chi connectivity index (χ1v) is 5.78. The number of methoxy groups -OCH3 is 1. The molecular formula is C15H13NO3. The minimum Gasteiger partial charge on any atom is -0.465 e. The molecule has 0 unspecified atom stereocenters. The maximum absolute atomic E-state index is 12.2. The highest BCUT2D eigenvalue weighted by Crippen LogP contribution is 2.13. The number of ether oxygens (including phenoxy) is 1. The minimum atomic E-state index is -0.464. The Labute approximate surface area is 111 Å². The van der Waals surface area contributed by atoms with E-state index in [0.29, 0.717) is 22.4 Å². The van der Waals surface area contributed by atoms with Crippen LogP contribution in [0.1, 0.15) is 32.0 Å². The predicted molar refractivity (Wildman–Crippen MR) is 70.2 cm³/mol. The Morgan fingerprint density at radius 3 is 2.37 bits per heavy atom. The highest BCUT2D eigenvalue weighted by molar-refractivity contribution is 6.08. The van der Waals surface area contributed by atoms with Crippen LogP contribution in [0, 0.1) is 6.92 Å². The van der Waals surface area contributed by atoms with E-state index in [2.05, 4.69) is 9.72 Å². The molecule has 0 aliphatic carbocycles. The van der Waals surface area contributed by atoms with E-state index in [1.807, 2.05) is 6.07 Å². The number of hydrogen-bond acceptors (Lipinski definition) is 4. The summed E-state index contributed by atoms with van der Waals surface area (Å²) in [6.07, 6.45) is 1.36. The number of pyridine rings is 1. The third kappa shape index (κ3) is 2.68. The number of benzene rings is 1. The molecule has 2 aromatic rings. The number of nitrogens with zero attached hydrogens (tertiary/aromatic N) is 1. The van der Waals surface area contributed by atoms with Gasteiger partial charge < -0.3 is 4.74 Å². The highest BCUT2D eigenvalue weighted by Gasteiger charge is 2.15. The van der Waals surface area contributed by atoms with Crippen LogP contribution in [-0.2, 0) is 4.74 Å². The summed E-state index contributed by atoms with van der Waals surface area (Å²) < 4.78 is 4.61. The summed E-state index contributed by atoms with van der Waals surface area (Å²) in [5, 5.41) is 0. The molecule has 96 valence electrons. The lowest BCUT2D eigenvalue weighted by Gasteiger charge is -2.06. The molecule has 1 aromatic carbocycles. The van der Waals surface area contributed by atoms with Gasteiger partial charge in [-0.2, -0.15) is 0 Å². The van der Waals surface area contributed by atoms with Crippen molar-refractivity contribution in [2.75, 3.05) is 7.11 Å². The van der Waals surface area contributed by atoms with Crippen LogP contribution >= 0.6 is 0 Å². The Hall–Kier alpha value is -2.49. The molecule has 0 saturated carbocycles. The van der Waals surface area contributed by atoms with Crippen molar-refractivity contribution in [3.63, 3.8) is 0 Å². The van der Waals surface area contributed by atoms with Crippen molar-refractivity contribution in [1.82, 2.24) is 4.98 Å². The van der Waals surface area contributed by atoms with Gasteiger partial charge in [0, 0.05) is 11.8 Å². The van der Waals surface area contributed by atoms with Gasteiger partial charge in [0.1, 0.15) is 5.69 Å². The van der Waals surface area contributed by atoms with Crippen molar-refractivity contribution < 1.29 is 14.3 Å². The van der Waals surface area contributed by atoms with E-state index < -0.39 is 5.97 Å². The maximum atomic E-state index is 12.2. The van der Waals surface area contributed by atoms with Gasteiger partial charge in [-0.15, -0.1) is 0 Å². The number of aryl methyl sites for hydroxylation is 1. The lowest BCUT2D eigenvalue weighted by molar-refractivity contribution is 0.0599. The lowest BCUT2D eigenvalue weighted by Crippen LogP contribution is -2.09. The van der Waals surface area contributed by atoms with E-state index in [9.17, 15) is 9.59 Å². The fourth-order valence-electron chi connectivity index (χ4n) is 1.77. The minimum absolute atomic E-state index is 0.158. The van der Waals surface area contributed by atoms with Crippen LogP contribution in [0.25, 0.3) is 0 Å². The Balaban J connectivity index is 2.37. The average Bonchev–Trinajstić information content (AvgIpc) is 2.46. The third-order valence-electron chi connectivity index (χ3n) is 2.75. The van der Waals surface area contributed by atoms with Gasteiger partial charge in [0.15, 0.2) is 0 Å². The second kappa shape index (κ2) is 5.44. The van der Waals surface area contributed by atoms with Gasteiger partial charge >= 0.3 is 5.97 Å². The number of ketones is 1. The molecule has 0 fully saturated rings. The van der Waals surface area contributed by atoms with Crippen LogP contribution < -0.4 is 0 Å². The van der Waals surface area contributed by atoms with Crippen LogP contribution in [0.3, 0.4) is 0 Å². The zero-order valence-electron chi connectivity index (χ0n) is 10.7. The monoisotopic (exact) mass is 255 g/mol. The molecule has 0 amide bonds. The molecule has 0 spiro atoms. The number of rotatable bonds is 3. The van der Waals surface area contributed by atoms with Crippen molar-refractivity contribution in [3.05, 3.63) is 65.0 Å². The average molecular weight is 255 g/mol. The molecule has 0 saturated heterocycles. The highest BCUT2D eigenvalue weighted by atomic mass is 16.5. The van der Waals surface area contributed by atoms with Gasteiger partial charge in [0.05, 0.1) is 12.7 Å². The summed E-state index contributed by atoms with van der Waals surface area (Å²) >= 11 is 0. The van der Waals surface area contributed by atoms with Crippen LogP contribution in [0.15, 0.2) is 42.6 Å². The van der Waals surface area contributed by atoms with Gasteiger partial charge in [0.2, 0.25) is 5.78 Å². The Morgan fingerprint density at radius 1 is 1.11 bits per heavy atom. The van der Waals surface area contributed by atoms with Gasteiger partial charge in [-0.3, -0.25) is 9.78 Å². The molecule has 1 heterocycles. The smallest absolute Gasteiger partial charge is 0.339 e. The van der Waals surface area contributed by atoms with Crippen molar-refractivity contribution in [2.24, 2.45) is 0 Å². The molecule has 0 aliphatic rings. The fourth-order valence-corrected chi connectivity index (χ4v) is 1.77. The second-order valence-corrected chi connectivity index (χ2v) is 4.08. The van der Waals surface area contributed by atoms with Crippen LogP contribution in [0.2, 0.25) is 0 Å². The van der Waals surface area contributed by atoms with Crippen molar-refractivity contribution in [1.29, 1.82) is 0 Å². The standard InChI is InChI=1S/C15H13NO3/c1-10-8-12(15(18)19-2)9-16-13(10)14(17)11-6-4-3-5-7-11/h3-9H,1-2H3. The fraction of sp³-hybridized carbons (Fsp3) is 0.133. The molecule has 0 atom stereocenters. The van der Waals surface area contributed by atoms with Gasteiger partial charge in [-0.1, -0.05) is 30.3 Å². The largest absolute Gasteiger partial charge is 0.465 e. The Bertz CT molecular complexity index is 621. The first kappa shape index (κ1) is 13.0. The molecule has 0 aliphatic heterocycles. The number of aromatic nitrogens is 1. The molecule has 0 N–H and O–H groups in total. The summed E-state index contributed by atoms with van der Waals surface area (Å²) in [4.78, 5) is 27.7. The van der Waals surface area contributed by atoms with Gasteiger partial charge in [-0.05, 0) is 18.6 Å². The van der Waals surface area contributed by atoms with Gasteiger partial charge in [0.25, 0.3) is 0 Å². The first-order valence-electron chi connectivity index (χ1n) is 5.78. The van der Waals surface area contributed by atoms with Crippen molar-refractivity contribution >= 4 is 11.8 Å². The van der Waals surface area contributed by atoms with Crippen LogP contribution in [0.5, 0.6) is 0 Å². The zero-order valence-corrected chi connectivity index (χ0v) is 10.7.